The lowest BCUT2D eigenvalue weighted by molar-refractivity contribution is -0.114. The van der Waals surface area contributed by atoms with Gasteiger partial charge in [-0.1, -0.05) is 41.9 Å². The van der Waals surface area contributed by atoms with E-state index in [9.17, 15) is 22.8 Å². The average Bonchev–Trinajstić information content (AvgIpc) is 3.20. The molecule has 0 saturated carbocycles. The van der Waals surface area contributed by atoms with Crippen LogP contribution in [0.2, 0.25) is 5.02 Å². The Kier molecular flexibility index (Phi) is 7.21. The van der Waals surface area contributed by atoms with Gasteiger partial charge in [0.1, 0.15) is 6.61 Å². The zero-order chi connectivity index (χ0) is 26.7. The van der Waals surface area contributed by atoms with Gasteiger partial charge < -0.3 is 14.6 Å². The minimum absolute atomic E-state index is 0.0106. The lowest BCUT2D eigenvalue weighted by Crippen LogP contribution is -2.25. The second kappa shape index (κ2) is 10.4. The summed E-state index contributed by atoms with van der Waals surface area (Å²) in [5.74, 6) is -1.85. The SMILES string of the molecule is COc1cc(/C=C2\C(=O)N(c3ccccc3)N=C2C(F)(F)F)cc(Cl)c1OCc1cccc(C(=O)O)c1. The maximum Gasteiger partial charge on any atom is 0.435 e. The van der Waals surface area contributed by atoms with Crippen molar-refractivity contribution in [1.82, 2.24) is 0 Å². The van der Waals surface area contributed by atoms with Crippen molar-refractivity contribution in [3.8, 4) is 11.5 Å². The molecule has 4 rings (SSSR count). The molecule has 0 aromatic heterocycles. The first kappa shape index (κ1) is 25.8. The van der Waals surface area contributed by atoms with E-state index < -0.39 is 29.3 Å². The van der Waals surface area contributed by atoms with Crippen LogP contribution in [-0.4, -0.2) is 36.0 Å². The number of hydrogen-bond acceptors (Lipinski definition) is 5. The third-order valence-corrected chi connectivity index (χ3v) is 5.55. The molecule has 1 heterocycles. The van der Waals surface area contributed by atoms with E-state index in [1.54, 1.807) is 30.3 Å². The number of amides is 1. The molecule has 0 radical (unpaired) electrons. The Morgan fingerprint density at radius 1 is 1.11 bits per heavy atom. The van der Waals surface area contributed by atoms with Gasteiger partial charge in [0.15, 0.2) is 17.2 Å². The highest BCUT2D eigenvalue weighted by Gasteiger charge is 2.46. The van der Waals surface area contributed by atoms with E-state index in [1.165, 1.54) is 43.5 Å². The summed E-state index contributed by atoms with van der Waals surface area (Å²) < 4.78 is 52.3. The number of carbonyl (C=O) groups excluding carboxylic acids is 1. The maximum absolute atomic E-state index is 13.7. The molecular weight excluding hydrogens is 513 g/mol. The summed E-state index contributed by atoms with van der Waals surface area (Å²) in [4.78, 5) is 24.1. The summed E-state index contributed by atoms with van der Waals surface area (Å²) in [5.41, 5.74) is -1.04. The second-order valence-corrected chi connectivity index (χ2v) is 8.19. The molecule has 1 amide bonds. The van der Waals surface area contributed by atoms with Crippen LogP contribution < -0.4 is 14.5 Å². The topological polar surface area (TPSA) is 88.4 Å². The number of hydrogen-bond donors (Lipinski definition) is 1. The predicted octanol–water partition coefficient (Wildman–Crippen LogP) is 5.97. The van der Waals surface area contributed by atoms with E-state index >= 15 is 0 Å². The highest BCUT2D eigenvalue weighted by molar-refractivity contribution is 6.35. The number of hydrazone groups is 1. The van der Waals surface area contributed by atoms with Crippen LogP contribution in [0.3, 0.4) is 0 Å². The minimum Gasteiger partial charge on any atom is -0.493 e. The van der Waals surface area contributed by atoms with Gasteiger partial charge in [0.2, 0.25) is 0 Å². The number of aromatic carboxylic acids is 1. The molecule has 0 atom stereocenters. The molecule has 0 saturated heterocycles. The van der Waals surface area contributed by atoms with E-state index in [2.05, 4.69) is 5.10 Å². The number of halogens is 4. The molecule has 190 valence electrons. The van der Waals surface area contributed by atoms with E-state index in [4.69, 9.17) is 26.2 Å². The molecule has 7 nitrogen and oxygen atoms in total. The highest BCUT2D eigenvalue weighted by atomic mass is 35.5. The van der Waals surface area contributed by atoms with Gasteiger partial charge in [0.25, 0.3) is 5.91 Å². The third kappa shape index (κ3) is 5.59. The van der Waals surface area contributed by atoms with Gasteiger partial charge in [-0.25, -0.2) is 4.79 Å². The zero-order valence-electron chi connectivity index (χ0n) is 19.1. The van der Waals surface area contributed by atoms with Crippen molar-refractivity contribution >= 4 is 41.0 Å². The molecule has 1 aliphatic heterocycles. The maximum atomic E-state index is 13.7. The lowest BCUT2D eigenvalue weighted by Gasteiger charge is -2.14. The van der Waals surface area contributed by atoms with Crippen molar-refractivity contribution in [2.75, 3.05) is 12.1 Å². The number of carbonyl (C=O) groups is 2. The number of para-hydroxylation sites is 1. The molecule has 1 N–H and O–H groups in total. The van der Waals surface area contributed by atoms with Gasteiger partial charge in [0.05, 0.1) is 29.0 Å². The fourth-order valence-corrected chi connectivity index (χ4v) is 3.85. The van der Waals surface area contributed by atoms with E-state index in [-0.39, 0.29) is 39.9 Å². The average molecular weight is 531 g/mol. The van der Waals surface area contributed by atoms with Gasteiger partial charge in [0, 0.05) is 0 Å². The number of carboxylic acid groups (broad SMARTS) is 1. The Morgan fingerprint density at radius 2 is 1.84 bits per heavy atom. The number of anilines is 1. The van der Waals surface area contributed by atoms with Crippen LogP contribution in [0.5, 0.6) is 11.5 Å². The van der Waals surface area contributed by atoms with Crippen LogP contribution in [0.15, 0.2) is 77.4 Å². The number of ether oxygens (including phenoxy) is 2. The van der Waals surface area contributed by atoms with Crippen molar-refractivity contribution in [2.45, 2.75) is 12.8 Å². The molecule has 0 fully saturated rings. The number of carboxylic acids is 1. The summed E-state index contributed by atoms with van der Waals surface area (Å²) in [6, 6.07) is 16.5. The Morgan fingerprint density at radius 3 is 2.49 bits per heavy atom. The highest BCUT2D eigenvalue weighted by Crippen LogP contribution is 2.39. The number of methoxy groups -OCH3 is 1. The molecular formula is C26H18ClF3N2O5. The quantitative estimate of drug-likeness (QED) is 0.380. The van der Waals surface area contributed by atoms with Crippen molar-refractivity contribution in [1.29, 1.82) is 0 Å². The normalized spacial score (nSPS) is 14.6. The van der Waals surface area contributed by atoms with Crippen molar-refractivity contribution in [3.05, 3.63) is 94.0 Å². The van der Waals surface area contributed by atoms with E-state index in [0.29, 0.717) is 10.6 Å². The number of benzene rings is 3. The Balaban J connectivity index is 1.66. The first-order chi connectivity index (χ1) is 17.6. The Labute approximate surface area is 214 Å². The number of nitrogens with zero attached hydrogens (tertiary/aromatic N) is 2. The monoisotopic (exact) mass is 530 g/mol. The van der Waals surface area contributed by atoms with Crippen molar-refractivity contribution in [3.63, 3.8) is 0 Å². The number of rotatable bonds is 7. The van der Waals surface area contributed by atoms with E-state index in [0.717, 1.165) is 6.08 Å². The first-order valence-electron chi connectivity index (χ1n) is 10.7. The van der Waals surface area contributed by atoms with Crippen LogP contribution in [0, 0.1) is 0 Å². The summed E-state index contributed by atoms with van der Waals surface area (Å²) in [6.07, 6.45) is -3.85. The minimum atomic E-state index is -4.88. The standard InChI is InChI=1S/C26H18ClF3N2O5/c1-36-21-13-16(12-20(27)22(21)37-14-15-6-5-7-17(10-15)25(34)35)11-19-23(26(28,29)30)31-32(24(19)33)18-8-3-2-4-9-18/h2-13H,14H2,1H3,(H,34,35)/b19-11-. The Hall–Kier alpha value is -4.31. The fourth-order valence-electron chi connectivity index (χ4n) is 3.58. The molecule has 0 unspecified atom stereocenters. The molecule has 0 bridgehead atoms. The molecule has 3 aromatic rings. The molecule has 0 aliphatic carbocycles. The van der Waals surface area contributed by atoms with Crippen LogP contribution in [0.4, 0.5) is 18.9 Å². The third-order valence-electron chi connectivity index (χ3n) is 5.27. The van der Waals surface area contributed by atoms with Crippen LogP contribution in [0.1, 0.15) is 21.5 Å². The molecule has 37 heavy (non-hydrogen) atoms. The summed E-state index contributed by atoms with van der Waals surface area (Å²) in [5, 5.41) is 13.4. The van der Waals surface area contributed by atoms with Crippen LogP contribution in [-0.2, 0) is 11.4 Å². The van der Waals surface area contributed by atoms with Crippen LogP contribution >= 0.6 is 11.6 Å². The fraction of sp³-hybridized carbons (Fsp3) is 0.115. The van der Waals surface area contributed by atoms with Crippen LogP contribution in [0.25, 0.3) is 6.08 Å². The van der Waals surface area contributed by atoms with Gasteiger partial charge in [-0.2, -0.15) is 23.3 Å². The second-order valence-electron chi connectivity index (χ2n) is 7.79. The molecule has 11 heteroatoms. The summed E-state index contributed by atoms with van der Waals surface area (Å²) in [7, 11) is 1.32. The molecule has 0 spiro atoms. The smallest absolute Gasteiger partial charge is 0.435 e. The molecule has 3 aromatic carbocycles. The van der Waals surface area contributed by atoms with Crippen molar-refractivity contribution in [2.24, 2.45) is 5.10 Å². The molecule has 1 aliphatic rings. The first-order valence-corrected chi connectivity index (χ1v) is 11.1. The van der Waals surface area contributed by atoms with Crippen molar-refractivity contribution < 1.29 is 37.3 Å². The Bertz CT molecular complexity index is 1420. The van der Waals surface area contributed by atoms with Gasteiger partial charge >= 0.3 is 12.1 Å². The summed E-state index contributed by atoms with van der Waals surface area (Å²) in [6.45, 7) is -0.0486. The van der Waals surface area contributed by atoms with E-state index in [1.807, 2.05) is 0 Å². The lowest BCUT2D eigenvalue weighted by atomic mass is 10.1. The van der Waals surface area contributed by atoms with Gasteiger partial charge in [-0.3, -0.25) is 4.79 Å². The summed E-state index contributed by atoms with van der Waals surface area (Å²) >= 11 is 6.36. The van der Waals surface area contributed by atoms with Gasteiger partial charge in [-0.05, 0) is 53.6 Å². The largest absolute Gasteiger partial charge is 0.493 e. The zero-order valence-corrected chi connectivity index (χ0v) is 19.9. The number of alkyl halides is 3. The predicted molar refractivity (Wildman–Crippen MR) is 131 cm³/mol. The van der Waals surface area contributed by atoms with Gasteiger partial charge in [-0.15, -0.1) is 0 Å².